The highest BCUT2D eigenvalue weighted by Crippen LogP contribution is 2.37. The molecule has 1 aromatic rings. The molecule has 2 fully saturated rings. The molecule has 0 atom stereocenters. The number of hydrogen-bond donors (Lipinski definition) is 5. The van der Waals surface area contributed by atoms with Crippen LogP contribution in [0.1, 0.15) is 78.1 Å². The first-order chi connectivity index (χ1) is 13.8. The smallest absolute Gasteiger partial charge is 0.322 e. The Labute approximate surface area is 166 Å². The molecule has 1 aromatic heterocycles. The van der Waals surface area contributed by atoms with Gasteiger partial charge in [-0.2, -0.15) is 0 Å². The summed E-state index contributed by atoms with van der Waals surface area (Å²) in [7, 11) is 0. The zero-order valence-corrected chi connectivity index (χ0v) is 15.9. The van der Waals surface area contributed by atoms with E-state index in [1.807, 2.05) is 5.32 Å². The van der Waals surface area contributed by atoms with Crippen molar-refractivity contribution in [1.82, 2.24) is 15.2 Å². The van der Waals surface area contributed by atoms with Crippen molar-refractivity contribution in [2.45, 2.75) is 63.5 Å². The standard InChI is InChI=1S/C19H25N3O7/c23-12(24)9-20-16(26)13-15(25)14(17(27)21-10-5-2-1-3-6-10)19(29)22(18(13)28)11-7-4-8-11/h10-11,25,28H,1-9H2,(H,20,26)(H,21,27)(H,23,24). The fourth-order valence-corrected chi connectivity index (χ4v) is 3.82. The Morgan fingerprint density at radius 3 is 2.14 bits per heavy atom. The third kappa shape index (κ3) is 4.20. The van der Waals surface area contributed by atoms with E-state index >= 15 is 0 Å². The van der Waals surface area contributed by atoms with Crippen molar-refractivity contribution in [3.8, 4) is 11.6 Å². The largest absolute Gasteiger partial charge is 0.506 e. The highest BCUT2D eigenvalue weighted by Gasteiger charge is 2.34. The van der Waals surface area contributed by atoms with Crippen LogP contribution in [-0.2, 0) is 4.79 Å². The normalized spacial score (nSPS) is 17.4. The molecular formula is C19H25N3O7. The van der Waals surface area contributed by atoms with Gasteiger partial charge in [-0.1, -0.05) is 19.3 Å². The Morgan fingerprint density at radius 2 is 1.59 bits per heavy atom. The summed E-state index contributed by atoms with van der Waals surface area (Å²) < 4.78 is 0.953. The lowest BCUT2D eigenvalue weighted by molar-refractivity contribution is -0.135. The zero-order chi connectivity index (χ0) is 21.1. The maximum absolute atomic E-state index is 12.9. The molecule has 2 amide bonds. The van der Waals surface area contributed by atoms with E-state index in [0.29, 0.717) is 12.8 Å². The molecular weight excluding hydrogens is 382 g/mol. The molecule has 158 valence electrons. The maximum Gasteiger partial charge on any atom is 0.322 e. The van der Waals surface area contributed by atoms with Gasteiger partial charge in [0.05, 0.1) is 0 Å². The molecule has 2 aliphatic carbocycles. The van der Waals surface area contributed by atoms with Crippen molar-refractivity contribution in [3.63, 3.8) is 0 Å². The van der Waals surface area contributed by atoms with Crippen molar-refractivity contribution in [1.29, 1.82) is 0 Å². The number of pyridine rings is 1. The predicted octanol–water partition coefficient (Wildman–Crippen LogP) is 0.861. The summed E-state index contributed by atoms with van der Waals surface area (Å²) in [5.41, 5.74) is -2.15. The molecule has 29 heavy (non-hydrogen) atoms. The van der Waals surface area contributed by atoms with E-state index in [1.54, 1.807) is 0 Å². The maximum atomic E-state index is 12.9. The van der Waals surface area contributed by atoms with Gasteiger partial charge in [0.1, 0.15) is 17.7 Å². The van der Waals surface area contributed by atoms with Gasteiger partial charge in [-0.15, -0.1) is 0 Å². The molecule has 1 heterocycles. The fraction of sp³-hybridized carbons (Fsp3) is 0.579. The second-order valence-electron chi connectivity index (χ2n) is 7.57. The SMILES string of the molecule is O=C(O)CNC(=O)c1c(O)c(C(=O)NC2CCCCC2)c(=O)n(C2CCC2)c1O. The van der Waals surface area contributed by atoms with Crippen LogP contribution in [-0.4, -0.2) is 50.3 Å². The molecule has 0 spiro atoms. The molecule has 3 rings (SSSR count). The Kier molecular flexibility index (Phi) is 6.09. The van der Waals surface area contributed by atoms with Crippen LogP contribution in [0.25, 0.3) is 0 Å². The highest BCUT2D eigenvalue weighted by atomic mass is 16.4. The molecule has 0 saturated heterocycles. The number of carbonyl (C=O) groups excluding carboxylic acids is 2. The van der Waals surface area contributed by atoms with Crippen LogP contribution >= 0.6 is 0 Å². The van der Waals surface area contributed by atoms with Crippen molar-refractivity contribution >= 4 is 17.8 Å². The minimum Gasteiger partial charge on any atom is -0.506 e. The lowest BCUT2D eigenvalue weighted by Crippen LogP contribution is -2.42. The van der Waals surface area contributed by atoms with Crippen molar-refractivity contribution < 1.29 is 29.7 Å². The van der Waals surface area contributed by atoms with E-state index in [9.17, 15) is 29.4 Å². The molecule has 0 radical (unpaired) electrons. The number of carboxylic acids is 1. The van der Waals surface area contributed by atoms with Crippen molar-refractivity contribution in [3.05, 3.63) is 21.5 Å². The number of aliphatic carboxylic acids is 1. The number of nitrogens with one attached hydrogen (secondary N) is 2. The minimum atomic E-state index is -1.32. The summed E-state index contributed by atoms with van der Waals surface area (Å²) in [4.78, 5) is 48.9. The van der Waals surface area contributed by atoms with Crippen LogP contribution in [0.5, 0.6) is 11.6 Å². The van der Waals surface area contributed by atoms with E-state index in [2.05, 4.69) is 5.32 Å². The first-order valence-corrected chi connectivity index (χ1v) is 9.82. The summed E-state index contributed by atoms with van der Waals surface area (Å²) in [6, 6.07) is -0.527. The van der Waals surface area contributed by atoms with Gasteiger partial charge in [0.15, 0.2) is 5.75 Å². The molecule has 10 heteroatoms. The third-order valence-corrected chi connectivity index (χ3v) is 5.59. The van der Waals surface area contributed by atoms with Gasteiger partial charge in [-0.25, -0.2) is 0 Å². The number of rotatable bonds is 6. The molecule has 10 nitrogen and oxygen atoms in total. The van der Waals surface area contributed by atoms with Gasteiger partial charge in [-0.05, 0) is 32.1 Å². The lowest BCUT2D eigenvalue weighted by atomic mass is 9.92. The minimum absolute atomic E-state index is 0.134. The number of hydrogen-bond acceptors (Lipinski definition) is 6. The monoisotopic (exact) mass is 407 g/mol. The van der Waals surface area contributed by atoms with Gasteiger partial charge in [0, 0.05) is 12.1 Å². The summed E-state index contributed by atoms with van der Waals surface area (Å²) in [6.07, 6.45) is 6.46. The average Bonchev–Trinajstić information content (AvgIpc) is 2.62. The first-order valence-electron chi connectivity index (χ1n) is 9.82. The first kappa shape index (κ1) is 20.7. The molecule has 0 aliphatic heterocycles. The lowest BCUT2D eigenvalue weighted by Gasteiger charge is -2.30. The molecule has 5 N–H and O–H groups in total. The van der Waals surface area contributed by atoms with E-state index in [-0.39, 0.29) is 6.04 Å². The summed E-state index contributed by atoms with van der Waals surface area (Å²) >= 11 is 0. The van der Waals surface area contributed by atoms with E-state index in [4.69, 9.17) is 5.11 Å². The summed E-state index contributed by atoms with van der Waals surface area (Å²) in [5, 5.41) is 34.6. The van der Waals surface area contributed by atoms with Crippen LogP contribution in [0.3, 0.4) is 0 Å². The number of carbonyl (C=O) groups is 3. The van der Waals surface area contributed by atoms with Crippen molar-refractivity contribution in [2.24, 2.45) is 0 Å². The number of nitrogens with zero attached hydrogens (tertiary/aromatic N) is 1. The summed E-state index contributed by atoms with van der Waals surface area (Å²) in [6.45, 7) is -0.746. The van der Waals surface area contributed by atoms with E-state index < -0.39 is 58.7 Å². The fourth-order valence-electron chi connectivity index (χ4n) is 3.82. The van der Waals surface area contributed by atoms with E-state index in [1.165, 1.54) is 0 Å². The number of carboxylic acid groups (broad SMARTS) is 1. The Balaban J connectivity index is 2.02. The molecule has 0 unspecified atom stereocenters. The molecule has 0 aromatic carbocycles. The second kappa shape index (κ2) is 8.54. The van der Waals surface area contributed by atoms with Gasteiger partial charge in [-0.3, -0.25) is 23.7 Å². The predicted molar refractivity (Wildman–Crippen MR) is 101 cm³/mol. The van der Waals surface area contributed by atoms with Crippen LogP contribution in [0.4, 0.5) is 0 Å². The topological polar surface area (TPSA) is 158 Å². The highest BCUT2D eigenvalue weighted by molar-refractivity contribution is 6.05. The van der Waals surface area contributed by atoms with Crippen LogP contribution < -0.4 is 16.2 Å². The van der Waals surface area contributed by atoms with Crippen molar-refractivity contribution in [2.75, 3.05) is 6.54 Å². The number of aromatic hydroxyl groups is 2. The Morgan fingerprint density at radius 1 is 0.931 bits per heavy atom. The quantitative estimate of drug-likeness (QED) is 0.468. The zero-order valence-electron chi connectivity index (χ0n) is 15.9. The number of aromatic nitrogens is 1. The molecule has 2 aliphatic rings. The van der Waals surface area contributed by atoms with Crippen LogP contribution in [0.2, 0.25) is 0 Å². The Hall–Kier alpha value is -3.04. The van der Waals surface area contributed by atoms with E-state index in [0.717, 1.165) is 43.1 Å². The second-order valence-corrected chi connectivity index (χ2v) is 7.57. The van der Waals surface area contributed by atoms with Gasteiger partial charge >= 0.3 is 5.97 Å². The third-order valence-electron chi connectivity index (χ3n) is 5.59. The Bertz CT molecular complexity index is 883. The van der Waals surface area contributed by atoms with Gasteiger partial charge in [0.2, 0.25) is 5.88 Å². The molecule has 0 bridgehead atoms. The van der Waals surface area contributed by atoms with Crippen LogP contribution in [0.15, 0.2) is 4.79 Å². The van der Waals surface area contributed by atoms with Crippen LogP contribution in [0, 0.1) is 0 Å². The average molecular weight is 407 g/mol. The van der Waals surface area contributed by atoms with Gasteiger partial charge in [0.25, 0.3) is 17.4 Å². The summed E-state index contributed by atoms with van der Waals surface area (Å²) in [5.74, 6) is -4.92. The molecule has 2 saturated carbocycles. The number of amides is 2. The van der Waals surface area contributed by atoms with Gasteiger partial charge < -0.3 is 26.0 Å².